The largest absolute Gasteiger partial charge is 0.466 e. The van der Waals surface area contributed by atoms with Crippen molar-refractivity contribution in [3.8, 4) is 0 Å². The molecule has 2 rings (SSSR count). The van der Waals surface area contributed by atoms with E-state index in [9.17, 15) is 9.59 Å². The Balaban J connectivity index is 1.54. The number of carbonyl (C=O) groups is 2. The molecule has 0 bridgehead atoms. The average molecular weight is 238 g/mol. The average Bonchev–Trinajstić information content (AvgIpc) is 2.59. The van der Waals surface area contributed by atoms with Crippen LogP contribution < -0.4 is 0 Å². The summed E-state index contributed by atoms with van der Waals surface area (Å²) in [6, 6.07) is 0. The van der Waals surface area contributed by atoms with Gasteiger partial charge in [0.1, 0.15) is 5.78 Å². The summed E-state index contributed by atoms with van der Waals surface area (Å²) in [7, 11) is 0. The molecule has 0 N–H and O–H groups in total. The monoisotopic (exact) mass is 238 g/mol. The van der Waals surface area contributed by atoms with Gasteiger partial charge in [-0.2, -0.15) is 0 Å². The highest BCUT2D eigenvalue weighted by molar-refractivity contribution is 5.88. The van der Waals surface area contributed by atoms with Gasteiger partial charge in [-0.25, -0.2) is 0 Å². The van der Waals surface area contributed by atoms with Crippen molar-refractivity contribution in [3.63, 3.8) is 0 Å². The van der Waals surface area contributed by atoms with Crippen molar-refractivity contribution in [1.29, 1.82) is 0 Å². The second-order valence-corrected chi connectivity index (χ2v) is 5.48. The number of ether oxygens (including phenoxy) is 1. The Labute approximate surface area is 103 Å². The van der Waals surface area contributed by atoms with E-state index < -0.39 is 0 Å². The molecular formula is C14H22O3. The molecule has 3 heteroatoms. The molecule has 2 aliphatic carbocycles. The van der Waals surface area contributed by atoms with Crippen LogP contribution in [0.25, 0.3) is 0 Å². The molecule has 0 saturated heterocycles. The van der Waals surface area contributed by atoms with Crippen molar-refractivity contribution >= 4 is 11.8 Å². The topological polar surface area (TPSA) is 43.4 Å². The zero-order chi connectivity index (χ0) is 12.3. The molecule has 3 nitrogen and oxygen atoms in total. The lowest BCUT2D eigenvalue weighted by Gasteiger charge is -2.32. The molecule has 0 heterocycles. The molecule has 0 aromatic rings. The number of hydrogen-bond acceptors (Lipinski definition) is 3. The maximum absolute atomic E-state index is 11.5. The van der Waals surface area contributed by atoms with Crippen LogP contribution >= 0.6 is 0 Å². The Hall–Kier alpha value is -0.860. The standard InChI is InChI=1S/C14H22O3/c1-10(15)17-8-4-2-3-5-11-6-7-12-9-13(16)14(11)12/h11-12,14H,2-9H2,1H3. The lowest BCUT2D eigenvalue weighted by Crippen LogP contribution is -2.36. The summed E-state index contributed by atoms with van der Waals surface area (Å²) >= 11 is 0. The summed E-state index contributed by atoms with van der Waals surface area (Å²) in [6.07, 6.45) is 7.80. The number of carbonyl (C=O) groups excluding carboxylic acids is 2. The van der Waals surface area contributed by atoms with Crippen LogP contribution in [0.3, 0.4) is 0 Å². The quantitative estimate of drug-likeness (QED) is 0.528. The van der Waals surface area contributed by atoms with E-state index in [2.05, 4.69) is 0 Å². The number of esters is 1. The van der Waals surface area contributed by atoms with Gasteiger partial charge in [0, 0.05) is 19.3 Å². The maximum Gasteiger partial charge on any atom is 0.302 e. The minimum absolute atomic E-state index is 0.191. The predicted octanol–water partition coefficient (Wildman–Crippen LogP) is 2.73. The third kappa shape index (κ3) is 3.08. The van der Waals surface area contributed by atoms with Gasteiger partial charge in [-0.3, -0.25) is 9.59 Å². The Bertz CT molecular complexity index is 298. The fourth-order valence-corrected chi connectivity index (χ4v) is 3.39. The molecule has 3 unspecified atom stereocenters. The third-order valence-electron chi connectivity index (χ3n) is 4.28. The number of Topliss-reactive ketones (excluding diaryl/α,β-unsaturated/α-hetero) is 1. The first-order chi connectivity index (χ1) is 8.18. The van der Waals surface area contributed by atoms with E-state index in [4.69, 9.17) is 4.74 Å². The molecule has 0 aromatic heterocycles. The summed E-state index contributed by atoms with van der Waals surface area (Å²) in [5.74, 6) is 2.13. The maximum atomic E-state index is 11.5. The van der Waals surface area contributed by atoms with Crippen molar-refractivity contribution in [2.24, 2.45) is 17.8 Å². The van der Waals surface area contributed by atoms with Gasteiger partial charge in [0.2, 0.25) is 0 Å². The van der Waals surface area contributed by atoms with Crippen LogP contribution in [0.2, 0.25) is 0 Å². The van der Waals surface area contributed by atoms with E-state index >= 15 is 0 Å². The highest BCUT2D eigenvalue weighted by atomic mass is 16.5. The lowest BCUT2D eigenvalue weighted by atomic mass is 9.70. The normalized spacial score (nSPS) is 30.9. The van der Waals surface area contributed by atoms with E-state index in [-0.39, 0.29) is 5.97 Å². The van der Waals surface area contributed by atoms with Gasteiger partial charge in [-0.15, -0.1) is 0 Å². The van der Waals surface area contributed by atoms with Crippen LogP contribution in [0.1, 0.15) is 51.9 Å². The van der Waals surface area contributed by atoms with Gasteiger partial charge >= 0.3 is 5.97 Å². The smallest absolute Gasteiger partial charge is 0.302 e. The Morgan fingerprint density at radius 2 is 2.12 bits per heavy atom. The molecule has 2 saturated carbocycles. The molecule has 0 spiro atoms. The van der Waals surface area contributed by atoms with Gasteiger partial charge in [0.05, 0.1) is 6.61 Å². The Morgan fingerprint density at radius 3 is 2.82 bits per heavy atom. The number of ketones is 1. The number of rotatable bonds is 6. The van der Waals surface area contributed by atoms with Gasteiger partial charge in [-0.05, 0) is 37.5 Å². The SMILES string of the molecule is CC(=O)OCCCCCC1CCC2CC(=O)C12. The van der Waals surface area contributed by atoms with Gasteiger partial charge in [0.25, 0.3) is 0 Å². The fourth-order valence-electron chi connectivity index (χ4n) is 3.39. The first kappa shape index (κ1) is 12.6. The van der Waals surface area contributed by atoms with E-state index in [0.717, 1.165) is 25.2 Å². The fraction of sp³-hybridized carbons (Fsp3) is 0.857. The Morgan fingerprint density at radius 1 is 1.29 bits per heavy atom. The third-order valence-corrected chi connectivity index (χ3v) is 4.28. The van der Waals surface area contributed by atoms with Crippen molar-refractivity contribution in [2.45, 2.75) is 51.9 Å². The van der Waals surface area contributed by atoms with Crippen molar-refractivity contribution in [2.75, 3.05) is 6.61 Å². The molecule has 2 aliphatic rings. The molecule has 17 heavy (non-hydrogen) atoms. The van der Waals surface area contributed by atoms with Crippen LogP contribution in [0.4, 0.5) is 0 Å². The van der Waals surface area contributed by atoms with Crippen LogP contribution in [0.5, 0.6) is 0 Å². The van der Waals surface area contributed by atoms with Crippen molar-refractivity contribution in [3.05, 3.63) is 0 Å². The highest BCUT2D eigenvalue weighted by Crippen LogP contribution is 2.49. The molecule has 0 radical (unpaired) electrons. The van der Waals surface area contributed by atoms with Crippen LogP contribution in [0.15, 0.2) is 0 Å². The summed E-state index contributed by atoms with van der Waals surface area (Å²) < 4.78 is 4.89. The van der Waals surface area contributed by atoms with Gasteiger partial charge < -0.3 is 4.74 Å². The van der Waals surface area contributed by atoms with Crippen LogP contribution in [-0.4, -0.2) is 18.4 Å². The second-order valence-electron chi connectivity index (χ2n) is 5.48. The first-order valence-corrected chi connectivity index (χ1v) is 6.84. The minimum Gasteiger partial charge on any atom is -0.466 e. The van der Waals surface area contributed by atoms with E-state index in [0.29, 0.717) is 24.2 Å². The zero-order valence-corrected chi connectivity index (χ0v) is 10.6. The summed E-state index contributed by atoms with van der Waals surface area (Å²) in [5, 5.41) is 0. The lowest BCUT2D eigenvalue weighted by molar-refractivity contribution is -0.141. The minimum atomic E-state index is -0.191. The second kappa shape index (κ2) is 5.65. The van der Waals surface area contributed by atoms with E-state index in [1.165, 1.54) is 32.6 Å². The van der Waals surface area contributed by atoms with Crippen molar-refractivity contribution in [1.82, 2.24) is 0 Å². The summed E-state index contributed by atoms with van der Waals surface area (Å²) in [4.78, 5) is 22.0. The Kier molecular flexibility index (Phi) is 4.19. The zero-order valence-electron chi connectivity index (χ0n) is 10.6. The predicted molar refractivity (Wildman–Crippen MR) is 64.4 cm³/mol. The summed E-state index contributed by atoms with van der Waals surface area (Å²) in [5.41, 5.74) is 0. The molecule has 3 atom stereocenters. The molecule has 0 amide bonds. The molecule has 96 valence electrons. The first-order valence-electron chi connectivity index (χ1n) is 6.84. The summed E-state index contributed by atoms with van der Waals surface area (Å²) in [6.45, 7) is 1.99. The number of unbranched alkanes of at least 4 members (excludes halogenated alkanes) is 2. The van der Waals surface area contributed by atoms with E-state index in [1.807, 2.05) is 0 Å². The molecule has 2 fully saturated rings. The number of hydrogen-bond donors (Lipinski definition) is 0. The molecule has 0 aliphatic heterocycles. The number of fused-ring (bicyclic) bond motifs is 1. The molecule has 0 aromatic carbocycles. The highest BCUT2D eigenvalue weighted by Gasteiger charge is 2.48. The van der Waals surface area contributed by atoms with E-state index in [1.54, 1.807) is 0 Å². The molecular weight excluding hydrogens is 216 g/mol. The van der Waals surface area contributed by atoms with Crippen molar-refractivity contribution < 1.29 is 14.3 Å². The van der Waals surface area contributed by atoms with Gasteiger partial charge in [0.15, 0.2) is 0 Å². The van der Waals surface area contributed by atoms with Crippen LogP contribution in [-0.2, 0) is 14.3 Å². The van der Waals surface area contributed by atoms with Crippen LogP contribution in [0, 0.1) is 17.8 Å². The van der Waals surface area contributed by atoms with Gasteiger partial charge in [-0.1, -0.05) is 12.8 Å².